The molecule has 7 heteroatoms. The zero-order valence-corrected chi connectivity index (χ0v) is 13.6. The Balaban J connectivity index is 1.93. The van der Waals surface area contributed by atoms with Gasteiger partial charge >= 0.3 is 0 Å². The second-order valence-electron chi connectivity index (χ2n) is 5.29. The second kappa shape index (κ2) is 8.89. The Morgan fingerprint density at radius 1 is 1.08 bits per heavy atom. The summed E-state index contributed by atoms with van der Waals surface area (Å²) in [6.45, 7) is 0.878. The summed E-state index contributed by atoms with van der Waals surface area (Å²) in [7, 11) is 1.55. The van der Waals surface area contributed by atoms with Crippen molar-refractivity contribution in [2.24, 2.45) is 0 Å². The van der Waals surface area contributed by atoms with Crippen molar-refractivity contribution in [1.29, 1.82) is 0 Å². The van der Waals surface area contributed by atoms with E-state index in [9.17, 15) is 18.4 Å². The molecule has 0 saturated heterocycles. The average Bonchev–Trinajstić information content (AvgIpc) is 2.56. The van der Waals surface area contributed by atoms with Crippen molar-refractivity contribution in [3.63, 3.8) is 0 Å². The summed E-state index contributed by atoms with van der Waals surface area (Å²) in [4.78, 5) is 23.7. The van der Waals surface area contributed by atoms with Gasteiger partial charge in [0.15, 0.2) is 0 Å². The van der Waals surface area contributed by atoms with Crippen LogP contribution in [0.3, 0.4) is 0 Å². The third-order valence-electron chi connectivity index (χ3n) is 3.38. The smallest absolute Gasteiger partial charge is 0.258 e. The number of hydrogen-bond donors (Lipinski definition) is 2. The maximum absolute atomic E-state index is 13.6. The number of rotatable bonds is 7. The SMILES string of the molecule is COCCNC(=O)Cc1ccc(NC(=O)c2ccc(F)cc2F)cc1. The lowest BCUT2D eigenvalue weighted by atomic mass is 10.1. The van der Waals surface area contributed by atoms with Gasteiger partial charge in [-0.15, -0.1) is 0 Å². The molecular weight excluding hydrogens is 330 g/mol. The topological polar surface area (TPSA) is 67.4 Å². The van der Waals surface area contributed by atoms with Crippen LogP contribution in [-0.2, 0) is 16.0 Å². The minimum atomic E-state index is -0.929. The van der Waals surface area contributed by atoms with E-state index >= 15 is 0 Å². The summed E-state index contributed by atoms with van der Waals surface area (Å²) < 4.78 is 31.3. The number of halogens is 2. The standard InChI is InChI=1S/C18H18F2N2O3/c1-25-9-8-21-17(23)10-12-2-5-14(6-3-12)22-18(24)15-7-4-13(19)11-16(15)20/h2-7,11H,8-10H2,1H3,(H,21,23)(H,22,24). The number of carbonyl (C=O) groups is 2. The molecule has 2 aromatic rings. The minimum absolute atomic E-state index is 0.137. The van der Waals surface area contributed by atoms with Crippen LogP contribution in [0.1, 0.15) is 15.9 Å². The van der Waals surface area contributed by atoms with Gasteiger partial charge in [0.05, 0.1) is 18.6 Å². The first-order chi connectivity index (χ1) is 12.0. The predicted octanol–water partition coefficient (Wildman–Crippen LogP) is 2.52. The number of methoxy groups -OCH3 is 1. The maximum Gasteiger partial charge on any atom is 0.258 e. The first-order valence-electron chi connectivity index (χ1n) is 7.60. The molecular formula is C18H18F2N2O3. The molecule has 5 nitrogen and oxygen atoms in total. The van der Waals surface area contributed by atoms with Crippen molar-refractivity contribution in [3.05, 3.63) is 65.2 Å². The van der Waals surface area contributed by atoms with E-state index in [1.54, 1.807) is 31.4 Å². The Morgan fingerprint density at radius 3 is 2.44 bits per heavy atom. The molecule has 25 heavy (non-hydrogen) atoms. The molecule has 2 aromatic carbocycles. The molecule has 0 atom stereocenters. The Labute approximate surface area is 144 Å². The fourth-order valence-electron chi connectivity index (χ4n) is 2.12. The summed E-state index contributed by atoms with van der Waals surface area (Å²) in [6, 6.07) is 9.34. The summed E-state index contributed by atoms with van der Waals surface area (Å²) >= 11 is 0. The van der Waals surface area contributed by atoms with Gasteiger partial charge < -0.3 is 15.4 Å². The Bertz CT molecular complexity index is 748. The first kappa shape index (κ1) is 18.5. The molecule has 0 radical (unpaired) electrons. The van der Waals surface area contributed by atoms with E-state index in [1.807, 2.05) is 0 Å². The molecule has 0 aliphatic carbocycles. The van der Waals surface area contributed by atoms with Gasteiger partial charge in [0, 0.05) is 25.4 Å². The summed E-state index contributed by atoms with van der Waals surface area (Å²) in [5.41, 5.74) is 0.959. The Hall–Kier alpha value is -2.80. The maximum atomic E-state index is 13.6. The van der Waals surface area contributed by atoms with Crippen molar-refractivity contribution in [1.82, 2.24) is 5.32 Å². The predicted molar refractivity (Wildman–Crippen MR) is 89.3 cm³/mol. The molecule has 0 fully saturated rings. The molecule has 0 saturated carbocycles. The van der Waals surface area contributed by atoms with Crippen LogP contribution < -0.4 is 10.6 Å². The molecule has 0 bridgehead atoms. The minimum Gasteiger partial charge on any atom is -0.383 e. The number of benzene rings is 2. The quantitative estimate of drug-likeness (QED) is 0.756. The molecule has 2 rings (SSSR count). The van der Waals surface area contributed by atoms with Crippen molar-refractivity contribution in [2.45, 2.75) is 6.42 Å². The Kier molecular flexibility index (Phi) is 6.59. The van der Waals surface area contributed by atoms with Gasteiger partial charge in [-0.2, -0.15) is 0 Å². The van der Waals surface area contributed by atoms with E-state index < -0.39 is 17.5 Å². The molecule has 0 heterocycles. The molecule has 0 aliphatic rings. The third-order valence-corrected chi connectivity index (χ3v) is 3.38. The number of anilines is 1. The number of hydrogen-bond acceptors (Lipinski definition) is 3. The number of ether oxygens (including phenoxy) is 1. The van der Waals surface area contributed by atoms with E-state index in [2.05, 4.69) is 10.6 Å². The van der Waals surface area contributed by atoms with E-state index in [-0.39, 0.29) is 17.9 Å². The zero-order chi connectivity index (χ0) is 18.2. The third kappa shape index (κ3) is 5.65. The Morgan fingerprint density at radius 2 is 1.80 bits per heavy atom. The molecule has 2 N–H and O–H groups in total. The lowest BCUT2D eigenvalue weighted by Gasteiger charge is -2.08. The molecule has 0 aliphatic heterocycles. The van der Waals surface area contributed by atoms with E-state index in [1.165, 1.54) is 0 Å². The van der Waals surface area contributed by atoms with Gasteiger partial charge in [0.2, 0.25) is 5.91 Å². The lowest BCUT2D eigenvalue weighted by Crippen LogP contribution is -2.28. The van der Waals surface area contributed by atoms with Crippen molar-refractivity contribution >= 4 is 17.5 Å². The van der Waals surface area contributed by atoms with Gasteiger partial charge in [-0.3, -0.25) is 9.59 Å². The van der Waals surface area contributed by atoms with Crippen LogP contribution in [0.4, 0.5) is 14.5 Å². The highest BCUT2D eigenvalue weighted by Gasteiger charge is 2.12. The van der Waals surface area contributed by atoms with Crippen LogP contribution in [0.5, 0.6) is 0 Å². The highest BCUT2D eigenvalue weighted by atomic mass is 19.1. The molecule has 0 spiro atoms. The monoisotopic (exact) mass is 348 g/mol. The van der Waals surface area contributed by atoms with Crippen LogP contribution in [0.15, 0.2) is 42.5 Å². The number of carbonyl (C=O) groups excluding carboxylic acids is 2. The largest absolute Gasteiger partial charge is 0.383 e. The van der Waals surface area contributed by atoms with Crippen LogP contribution in [0, 0.1) is 11.6 Å². The summed E-state index contributed by atoms with van der Waals surface area (Å²) in [5, 5.41) is 5.23. The van der Waals surface area contributed by atoms with Gasteiger partial charge in [-0.1, -0.05) is 12.1 Å². The number of nitrogens with one attached hydrogen (secondary N) is 2. The van der Waals surface area contributed by atoms with Crippen molar-refractivity contribution in [2.75, 3.05) is 25.6 Å². The average molecular weight is 348 g/mol. The van der Waals surface area contributed by atoms with E-state index in [0.29, 0.717) is 24.9 Å². The van der Waals surface area contributed by atoms with E-state index in [4.69, 9.17) is 4.74 Å². The van der Waals surface area contributed by atoms with E-state index in [0.717, 1.165) is 17.7 Å². The number of amides is 2. The van der Waals surface area contributed by atoms with Gasteiger partial charge in [-0.05, 0) is 29.8 Å². The normalized spacial score (nSPS) is 10.4. The van der Waals surface area contributed by atoms with Crippen molar-refractivity contribution < 1.29 is 23.1 Å². The highest BCUT2D eigenvalue weighted by molar-refractivity contribution is 6.04. The molecule has 132 valence electrons. The zero-order valence-electron chi connectivity index (χ0n) is 13.6. The van der Waals surface area contributed by atoms with Crippen LogP contribution in [0.25, 0.3) is 0 Å². The van der Waals surface area contributed by atoms with Crippen LogP contribution in [-0.4, -0.2) is 32.1 Å². The first-order valence-corrected chi connectivity index (χ1v) is 7.60. The lowest BCUT2D eigenvalue weighted by molar-refractivity contribution is -0.120. The van der Waals surface area contributed by atoms with Gasteiger partial charge in [0.25, 0.3) is 5.91 Å². The van der Waals surface area contributed by atoms with Gasteiger partial charge in [-0.25, -0.2) is 8.78 Å². The molecule has 0 aromatic heterocycles. The fourth-order valence-corrected chi connectivity index (χ4v) is 2.12. The van der Waals surface area contributed by atoms with Crippen LogP contribution >= 0.6 is 0 Å². The van der Waals surface area contributed by atoms with Crippen molar-refractivity contribution in [3.8, 4) is 0 Å². The fraction of sp³-hybridized carbons (Fsp3) is 0.222. The molecule has 0 unspecified atom stereocenters. The van der Waals surface area contributed by atoms with Crippen LogP contribution in [0.2, 0.25) is 0 Å². The second-order valence-corrected chi connectivity index (χ2v) is 5.29. The molecule has 2 amide bonds. The van der Waals surface area contributed by atoms with Gasteiger partial charge in [0.1, 0.15) is 11.6 Å². The summed E-state index contributed by atoms with van der Waals surface area (Å²) in [6.07, 6.45) is 0.199. The summed E-state index contributed by atoms with van der Waals surface area (Å²) in [5.74, 6) is -2.49. The highest BCUT2D eigenvalue weighted by Crippen LogP contribution is 2.14.